The van der Waals surface area contributed by atoms with Gasteiger partial charge in [0.15, 0.2) is 0 Å². The summed E-state index contributed by atoms with van der Waals surface area (Å²) in [6.07, 6.45) is 6.97. The summed E-state index contributed by atoms with van der Waals surface area (Å²) in [4.78, 5) is 16.4. The number of carbonyl (C=O) groups excluding carboxylic acids is 1. The van der Waals surface area contributed by atoms with Crippen molar-refractivity contribution in [3.05, 3.63) is 36.0 Å². The minimum Gasteiger partial charge on any atom is -0.388 e. The molecule has 1 fully saturated rings. The zero-order chi connectivity index (χ0) is 20.0. The first-order valence-electron chi connectivity index (χ1n) is 10.0. The molecular weight excluding hydrogens is 361 g/mol. The summed E-state index contributed by atoms with van der Waals surface area (Å²) < 4.78 is 18.2. The lowest BCUT2D eigenvalue weighted by molar-refractivity contribution is -0.123. The molecule has 2 aromatic rings. The van der Waals surface area contributed by atoms with E-state index in [1.807, 2.05) is 6.92 Å². The second kappa shape index (κ2) is 9.28. The van der Waals surface area contributed by atoms with Crippen LogP contribution in [-0.2, 0) is 11.2 Å². The van der Waals surface area contributed by atoms with E-state index in [9.17, 15) is 14.3 Å². The molecule has 1 heterocycles. The van der Waals surface area contributed by atoms with Crippen molar-refractivity contribution in [3.8, 4) is 11.4 Å². The topological polar surface area (TPSA) is 88.2 Å². The molecule has 3 rings (SSSR count). The largest absolute Gasteiger partial charge is 0.388 e. The van der Waals surface area contributed by atoms with Gasteiger partial charge in [-0.05, 0) is 56.4 Å². The van der Waals surface area contributed by atoms with E-state index in [0.717, 1.165) is 25.7 Å². The van der Waals surface area contributed by atoms with Crippen LogP contribution in [0.1, 0.15) is 57.8 Å². The number of hydrogen-bond acceptors (Lipinski definition) is 5. The van der Waals surface area contributed by atoms with Crippen molar-refractivity contribution in [2.45, 2.75) is 63.9 Å². The van der Waals surface area contributed by atoms with E-state index in [1.165, 1.54) is 18.6 Å². The molecule has 1 atom stereocenters. The number of carbonyl (C=O) groups is 1. The Balaban J connectivity index is 1.40. The molecule has 7 heteroatoms. The second-order valence-electron chi connectivity index (χ2n) is 7.84. The summed E-state index contributed by atoms with van der Waals surface area (Å²) in [7, 11) is 0. The number of aromatic nitrogens is 2. The number of halogens is 1. The number of benzene rings is 1. The van der Waals surface area contributed by atoms with Crippen LogP contribution in [0.15, 0.2) is 28.8 Å². The van der Waals surface area contributed by atoms with Crippen LogP contribution in [0.4, 0.5) is 4.39 Å². The van der Waals surface area contributed by atoms with Gasteiger partial charge in [0.1, 0.15) is 5.82 Å². The number of aliphatic hydroxyl groups is 1. The smallest absolute Gasteiger partial charge is 0.226 e. The minimum atomic E-state index is -0.855. The van der Waals surface area contributed by atoms with Gasteiger partial charge < -0.3 is 14.9 Å². The molecule has 2 N–H and O–H groups in total. The molecule has 0 aliphatic heterocycles. The molecule has 0 radical (unpaired) electrons. The summed E-state index contributed by atoms with van der Waals surface area (Å²) in [5, 5.41) is 17.4. The maximum atomic E-state index is 13.0. The highest BCUT2D eigenvalue weighted by molar-refractivity contribution is 5.75. The van der Waals surface area contributed by atoms with E-state index < -0.39 is 5.60 Å². The third-order valence-electron chi connectivity index (χ3n) is 5.49. The van der Waals surface area contributed by atoms with Crippen LogP contribution >= 0.6 is 0 Å². The Bertz CT molecular complexity index is 767. The SMILES string of the molecule is C[C@@](O)(CNC(=O)CCCc1nc(-c2ccc(F)cc2)no1)C1CCCCC1. The van der Waals surface area contributed by atoms with Crippen molar-refractivity contribution < 1.29 is 18.8 Å². The van der Waals surface area contributed by atoms with Crippen LogP contribution in [0.3, 0.4) is 0 Å². The third-order valence-corrected chi connectivity index (χ3v) is 5.49. The predicted octanol–water partition coefficient (Wildman–Crippen LogP) is 3.65. The first kappa shape index (κ1) is 20.5. The molecule has 1 saturated carbocycles. The minimum absolute atomic E-state index is 0.0886. The zero-order valence-corrected chi connectivity index (χ0v) is 16.3. The Morgan fingerprint density at radius 1 is 1.29 bits per heavy atom. The van der Waals surface area contributed by atoms with E-state index in [0.29, 0.717) is 36.5 Å². The fraction of sp³-hybridized carbons (Fsp3) is 0.571. The average Bonchev–Trinajstić information content (AvgIpc) is 3.17. The molecule has 0 unspecified atom stereocenters. The summed E-state index contributed by atoms with van der Waals surface area (Å²) in [5.74, 6) is 0.699. The molecule has 1 aliphatic carbocycles. The third kappa shape index (κ3) is 5.61. The van der Waals surface area contributed by atoms with Crippen molar-refractivity contribution in [2.24, 2.45) is 5.92 Å². The maximum absolute atomic E-state index is 13.0. The Morgan fingerprint density at radius 2 is 2.00 bits per heavy atom. The first-order chi connectivity index (χ1) is 13.4. The molecule has 28 heavy (non-hydrogen) atoms. The number of rotatable bonds is 8. The van der Waals surface area contributed by atoms with Gasteiger partial charge in [-0.3, -0.25) is 4.79 Å². The van der Waals surface area contributed by atoms with Crippen LogP contribution in [0.5, 0.6) is 0 Å². The van der Waals surface area contributed by atoms with Gasteiger partial charge in [0.2, 0.25) is 17.6 Å². The number of hydrogen-bond donors (Lipinski definition) is 2. The molecule has 0 saturated heterocycles. The lowest BCUT2D eigenvalue weighted by atomic mass is 9.78. The molecule has 0 spiro atoms. The van der Waals surface area contributed by atoms with Crippen molar-refractivity contribution in [1.29, 1.82) is 0 Å². The van der Waals surface area contributed by atoms with E-state index in [4.69, 9.17) is 4.52 Å². The fourth-order valence-electron chi connectivity index (χ4n) is 3.71. The molecule has 0 bridgehead atoms. The average molecular weight is 389 g/mol. The van der Waals surface area contributed by atoms with Crippen molar-refractivity contribution in [3.63, 3.8) is 0 Å². The Morgan fingerprint density at radius 3 is 2.71 bits per heavy atom. The lowest BCUT2D eigenvalue weighted by Crippen LogP contribution is -2.46. The Labute approximate surface area is 164 Å². The van der Waals surface area contributed by atoms with E-state index >= 15 is 0 Å². The number of nitrogens with zero attached hydrogens (tertiary/aromatic N) is 2. The summed E-state index contributed by atoms with van der Waals surface area (Å²) in [6.45, 7) is 2.10. The summed E-state index contributed by atoms with van der Waals surface area (Å²) in [6, 6.07) is 5.88. The van der Waals surface area contributed by atoms with E-state index in [-0.39, 0.29) is 24.2 Å². The highest BCUT2D eigenvalue weighted by Crippen LogP contribution is 2.32. The number of aryl methyl sites for hydroxylation is 1. The maximum Gasteiger partial charge on any atom is 0.226 e. The Kier molecular flexibility index (Phi) is 6.78. The molecule has 1 amide bonds. The molecular formula is C21H28FN3O3. The van der Waals surface area contributed by atoms with Gasteiger partial charge in [0.25, 0.3) is 0 Å². The monoisotopic (exact) mass is 389 g/mol. The molecule has 6 nitrogen and oxygen atoms in total. The molecule has 1 aromatic carbocycles. The van der Waals surface area contributed by atoms with Gasteiger partial charge in [0.05, 0.1) is 5.60 Å². The number of nitrogens with one attached hydrogen (secondary N) is 1. The van der Waals surface area contributed by atoms with Gasteiger partial charge in [-0.25, -0.2) is 4.39 Å². The standard InChI is InChI=1S/C21H28FN3O3/c1-21(27,16-6-3-2-4-7-16)14-23-18(26)8-5-9-19-24-20(25-28-19)15-10-12-17(22)13-11-15/h10-13,16,27H,2-9,14H2,1H3,(H,23,26)/t21-/m1/s1. The van der Waals surface area contributed by atoms with E-state index in [1.54, 1.807) is 12.1 Å². The van der Waals surface area contributed by atoms with Gasteiger partial charge in [-0.15, -0.1) is 0 Å². The van der Waals surface area contributed by atoms with Crippen LogP contribution in [-0.4, -0.2) is 33.3 Å². The summed E-state index contributed by atoms with van der Waals surface area (Å²) >= 11 is 0. The summed E-state index contributed by atoms with van der Waals surface area (Å²) in [5.41, 5.74) is -0.175. The Hall–Kier alpha value is -2.28. The molecule has 152 valence electrons. The van der Waals surface area contributed by atoms with Crippen molar-refractivity contribution >= 4 is 5.91 Å². The van der Waals surface area contributed by atoms with Gasteiger partial charge in [-0.2, -0.15) is 4.98 Å². The van der Waals surface area contributed by atoms with Crippen LogP contribution in [0, 0.1) is 11.7 Å². The fourth-order valence-corrected chi connectivity index (χ4v) is 3.71. The van der Waals surface area contributed by atoms with Gasteiger partial charge in [0, 0.05) is 24.9 Å². The van der Waals surface area contributed by atoms with Crippen molar-refractivity contribution in [2.75, 3.05) is 6.54 Å². The normalized spacial score (nSPS) is 17.2. The highest BCUT2D eigenvalue weighted by atomic mass is 19.1. The van der Waals surface area contributed by atoms with Crippen molar-refractivity contribution in [1.82, 2.24) is 15.5 Å². The molecule has 1 aliphatic rings. The first-order valence-corrected chi connectivity index (χ1v) is 10.0. The predicted molar refractivity (Wildman–Crippen MR) is 103 cm³/mol. The second-order valence-corrected chi connectivity index (χ2v) is 7.84. The molecule has 1 aromatic heterocycles. The van der Waals surface area contributed by atoms with Crippen LogP contribution < -0.4 is 5.32 Å². The van der Waals surface area contributed by atoms with Crippen LogP contribution in [0.25, 0.3) is 11.4 Å². The lowest BCUT2D eigenvalue weighted by Gasteiger charge is -2.35. The van der Waals surface area contributed by atoms with Gasteiger partial charge in [-0.1, -0.05) is 24.4 Å². The highest BCUT2D eigenvalue weighted by Gasteiger charge is 2.32. The quantitative estimate of drug-likeness (QED) is 0.720. The number of amides is 1. The van der Waals surface area contributed by atoms with E-state index in [2.05, 4.69) is 15.5 Å². The van der Waals surface area contributed by atoms with Crippen LogP contribution in [0.2, 0.25) is 0 Å². The zero-order valence-electron chi connectivity index (χ0n) is 16.3. The van der Waals surface area contributed by atoms with Gasteiger partial charge >= 0.3 is 0 Å².